The summed E-state index contributed by atoms with van der Waals surface area (Å²) in [5.74, 6) is 0.725. The molecular weight excluding hydrogens is 232 g/mol. The number of aryl methyl sites for hydroxylation is 1. The number of rotatable bonds is 5. The van der Waals surface area contributed by atoms with E-state index in [0.717, 1.165) is 12.5 Å². The minimum absolute atomic E-state index is 0.694. The summed E-state index contributed by atoms with van der Waals surface area (Å²) in [7, 11) is 0. The molecule has 0 amide bonds. The van der Waals surface area contributed by atoms with Gasteiger partial charge in [0.15, 0.2) is 0 Å². The van der Waals surface area contributed by atoms with Crippen LogP contribution < -0.4 is 10.2 Å². The molecule has 2 heteroatoms. The number of hydrogen-bond acceptors (Lipinski definition) is 2. The Morgan fingerprint density at radius 2 is 2.05 bits per heavy atom. The van der Waals surface area contributed by atoms with E-state index in [9.17, 15) is 0 Å². The molecule has 2 rings (SSSR count). The molecule has 0 bridgehead atoms. The Balaban J connectivity index is 2.07. The van der Waals surface area contributed by atoms with Gasteiger partial charge in [-0.2, -0.15) is 0 Å². The largest absolute Gasteiger partial charge is 0.371 e. The average Bonchev–Trinajstić information content (AvgIpc) is 2.42. The van der Waals surface area contributed by atoms with Gasteiger partial charge in [0.25, 0.3) is 0 Å². The standard InChI is InChI=1S/C17H28N2/c1-4-8-15-9-6-7-10-17(15)19-12-11-16(18-5-2)14(3)13-19/h6-7,9-10,14,16,18H,4-5,8,11-13H2,1-3H3. The summed E-state index contributed by atoms with van der Waals surface area (Å²) >= 11 is 0. The van der Waals surface area contributed by atoms with E-state index in [0.29, 0.717) is 6.04 Å². The Morgan fingerprint density at radius 3 is 2.74 bits per heavy atom. The van der Waals surface area contributed by atoms with Crippen LogP contribution in [0.2, 0.25) is 0 Å². The first kappa shape index (κ1) is 14.4. The van der Waals surface area contributed by atoms with Gasteiger partial charge in [-0.25, -0.2) is 0 Å². The van der Waals surface area contributed by atoms with Gasteiger partial charge in [-0.1, -0.05) is 45.4 Å². The summed E-state index contributed by atoms with van der Waals surface area (Å²) in [6, 6.07) is 9.63. The molecule has 2 atom stereocenters. The smallest absolute Gasteiger partial charge is 0.0398 e. The molecule has 1 heterocycles. The molecule has 0 aliphatic carbocycles. The quantitative estimate of drug-likeness (QED) is 0.872. The minimum atomic E-state index is 0.694. The van der Waals surface area contributed by atoms with Crippen LogP contribution >= 0.6 is 0 Å². The highest BCUT2D eigenvalue weighted by atomic mass is 15.2. The second-order valence-electron chi connectivity index (χ2n) is 5.75. The molecule has 2 nitrogen and oxygen atoms in total. The summed E-state index contributed by atoms with van der Waals surface area (Å²) in [6.45, 7) is 10.3. The van der Waals surface area contributed by atoms with Crippen molar-refractivity contribution in [3.05, 3.63) is 29.8 Å². The van der Waals surface area contributed by atoms with Crippen molar-refractivity contribution in [1.82, 2.24) is 5.32 Å². The normalized spacial score (nSPS) is 23.6. The topological polar surface area (TPSA) is 15.3 Å². The van der Waals surface area contributed by atoms with Gasteiger partial charge in [0, 0.05) is 24.8 Å². The number of benzene rings is 1. The molecule has 106 valence electrons. The first-order valence-corrected chi connectivity index (χ1v) is 7.82. The lowest BCUT2D eigenvalue weighted by Crippen LogP contribution is -2.48. The van der Waals surface area contributed by atoms with Crippen LogP contribution in [0.15, 0.2) is 24.3 Å². The lowest BCUT2D eigenvalue weighted by Gasteiger charge is -2.39. The summed E-state index contributed by atoms with van der Waals surface area (Å²) in [6.07, 6.45) is 3.67. The molecule has 1 fully saturated rings. The Labute approximate surface area is 118 Å². The van der Waals surface area contributed by atoms with Crippen LogP contribution in [0.5, 0.6) is 0 Å². The van der Waals surface area contributed by atoms with E-state index in [2.05, 4.69) is 55.3 Å². The zero-order chi connectivity index (χ0) is 13.7. The SMILES string of the molecule is CCCc1ccccc1N1CCC(NCC)C(C)C1. The third kappa shape index (κ3) is 3.50. The van der Waals surface area contributed by atoms with E-state index in [4.69, 9.17) is 0 Å². The van der Waals surface area contributed by atoms with E-state index in [1.807, 2.05) is 0 Å². The van der Waals surface area contributed by atoms with Crippen molar-refractivity contribution in [2.75, 3.05) is 24.5 Å². The fourth-order valence-electron chi connectivity index (χ4n) is 3.23. The van der Waals surface area contributed by atoms with Crippen LogP contribution in [-0.2, 0) is 6.42 Å². The number of piperidine rings is 1. The van der Waals surface area contributed by atoms with Crippen LogP contribution in [0.3, 0.4) is 0 Å². The van der Waals surface area contributed by atoms with Gasteiger partial charge in [0.05, 0.1) is 0 Å². The summed E-state index contributed by atoms with van der Waals surface area (Å²) in [5.41, 5.74) is 2.98. The third-order valence-electron chi connectivity index (χ3n) is 4.22. The predicted octanol–water partition coefficient (Wildman–Crippen LogP) is 3.46. The Bertz CT molecular complexity index is 389. The van der Waals surface area contributed by atoms with E-state index < -0.39 is 0 Å². The number of anilines is 1. The molecule has 0 aromatic heterocycles. The molecule has 1 saturated heterocycles. The average molecular weight is 260 g/mol. The van der Waals surface area contributed by atoms with Crippen LogP contribution in [0.1, 0.15) is 39.2 Å². The van der Waals surface area contributed by atoms with E-state index >= 15 is 0 Å². The maximum atomic E-state index is 3.62. The highest BCUT2D eigenvalue weighted by Gasteiger charge is 2.26. The van der Waals surface area contributed by atoms with Crippen LogP contribution in [0.25, 0.3) is 0 Å². The summed E-state index contributed by atoms with van der Waals surface area (Å²) in [5, 5.41) is 3.62. The number of hydrogen-bond donors (Lipinski definition) is 1. The van der Waals surface area contributed by atoms with Gasteiger partial charge in [-0.05, 0) is 36.9 Å². The first-order chi connectivity index (χ1) is 9.26. The van der Waals surface area contributed by atoms with Gasteiger partial charge in [0.2, 0.25) is 0 Å². The zero-order valence-electron chi connectivity index (χ0n) is 12.7. The van der Waals surface area contributed by atoms with E-state index in [1.165, 1.54) is 43.6 Å². The molecule has 2 unspecified atom stereocenters. The highest BCUT2D eigenvalue weighted by Crippen LogP contribution is 2.27. The lowest BCUT2D eigenvalue weighted by molar-refractivity contribution is 0.326. The van der Waals surface area contributed by atoms with Gasteiger partial charge in [0.1, 0.15) is 0 Å². The molecule has 0 radical (unpaired) electrons. The van der Waals surface area contributed by atoms with E-state index in [1.54, 1.807) is 0 Å². The van der Waals surface area contributed by atoms with Crippen molar-refractivity contribution >= 4 is 5.69 Å². The number of nitrogens with zero attached hydrogens (tertiary/aromatic N) is 1. The first-order valence-electron chi connectivity index (χ1n) is 7.82. The maximum Gasteiger partial charge on any atom is 0.0398 e. The van der Waals surface area contributed by atoms with Crippen molar-refractivity contribution in [3.63, 3.8) is 0 Å². The van der Waals surface area contributed by atoms with Crippen molar-refractivity contribution < 1.29 is 0 Å². The van der Waals surface area contributed by atoms with Crippen molar-refractivity contribution in [2.24, 2.45) is 5.92 Å². The zero-order valence-corrected chi connectivity index (χ0v) is 12.7. The molecule has 19 heavy (non-hydrogen) atoms. The van der Waals surface area contributed by atoms with E-state index in [-0.39, 0.29) is 0 Å². The second-order valence-corrected chi connectivity index (χ2v) is 5.75. The summed E-state index contributed by atoms with van der Waals surface area (Å²) in [4.78, 5) is 2.59. The molecule has 1 aromatic carbocycles. The van der Waals surface area contributed by atoms with Gasteiger partial charge < -0.3 is 10.2 Å². The molecule has 1 aliphatic rings. The van der Waals surface area contributed by atoms with Crippen LogP contribution in [-0.4, -0.2) is 25.7 Å². The van der Waals surface area contributed by atoms with Gasteiger partial charge in [-0.15, -0.1) is 0 Å². The highest BCUT2D eigenvalue weighted by molar-refractivity contribution is 5.54. The fourth-order valence-corrected chi connectivity index (χ4v) is 3.23. The number of para-hydroxylation sites is 1. The molecule has 1 aromatic rings. The van der Waals surface area contributed by atoms with Gasteiger partial charge in [-0.3, -0.25) is 0 Å². The molecule has 1 aliphatic heterocycles. The molecule has 0 spiro atoms. The van der Waals surface area contributed by atoms with Crippen LogP contribution in [0, 0.1) is 5.92 Å². The van der Waals surface area contributed by atoms with Crippen molar-refractivity contribution in [3.8, 4) is 0 Å². The Morgan fingerprint density at radius 1 is 1.26 bits per heavy atom. The second kappa shape index (κ2) is 6.95. The minimum Gasteiger partial charge on any atom is -0.371 e. The maximum absolute atomic E-state index is 3.62. The van der Waals surface area contributed by atoms with Crippen molar-refractivity contribution in [2.45, 2.75) is 46.1 Å². The predicted molar refractivity (Wildman–Crippen MR) is 83.9 cm³/mol. The third-order valence-corrected chi connectivity index (χ3v) is 4.22. The molecule has 0 saturated carbocycles. The molecular formula is C17H28N2. The monoisotopic (exact) mass is 260 g/mol. The number of nitrogens with one attached hydrogen (secondary N) is 1. The van der Waals surface area contributed by atoms with Crippen LogP contribution in [0.4, 0.5) is 5.69 Å². The Hall–Kier alpha value is -1.02. The Kier molecular flexibility index (Phi) is 5.26. The molecule has 1 N–H and O–H groups in total. The van der Waals surface area contributed by atoms with Gasteiger partial charge >= 0.3 is 0 Å². The lowest BCUT2D eigenvalue weighted by atomic mass is 9.92. The summed E-state index contributed by atoms with van der Waals surface area (Å²) < 4.78 is 0. The van der Waals surface area contributed by atoms with Crippen molar-refractivity contribution in [1.29, 1.82) is 0 Å². The fraction of sp³-hybridized carbons (Fsp3) is 0.647.